The van der Waals surface area contributed by atoms with E-state index < -0.39 is 17.8 Å². The van der Waals surface area contributed by atoms with E-state index in [-0.39, 0.29) is 11.6 Å². The summed E-state index contributed by atoms with van der Waals surface area (Å²) in [6.45, 7) is 0. The molecule has 116 valence electrons. The summed E-state index contributed by atoms with van der Waals surface area (Å²) in [5.74, 6) is 0.405. The molecule has 2 aromatic rings. The van der Waals surface area contributed by atoms with Gasteiger partial charge in [0.05, 0.1) is 17.9 Å². The van der Waals surface area contributed by atoms with Crippen molar-refractivity contribution in [2.24, 2.45) is 0 Å². The number of carbonyl (C=O) groups excluding carboxylic acids is 1. The van der Waals surface area contributed by atoms with Gasteiger partial charge in [-0.25, -0.2) is 0 Å². The lowest BCUT2D eigenvalue weighted by Gasteiger charge is -2.22. The zero-order chi connectivity index (χ0) is 15.7. The summed E-state index contributed by atoms with van der Waals surface area (Å²) in [5, 5.41) is 2.82. The number of furan rings is 1. The molecule has 0 saturated heterocycles. The Balaban J connectivity index is 1.73. The minimum atomic E-state index is -4.51. The van der Waals surface area contributed by atoms with E-state index in [1.54, 1.807) is 6.26 Å². The van der Waals surface area contributed by atoms with Crippen molar-refractivity contribution in [3.63, 3.8) is 0 Å². The maximum absolute atomic E-state index is 12.4. The van der Waals surface area contributed by atoms with Crippen molar-refractivity contribution in [1.29, 1.82) is 0 Å². The molecular formula is C15H13F3N2O2. The van der Waals surface area contributed by atoms with E-state index in [0.29, 0.717) is 0 Å². The molecule has 22 heavy (non-hydrogen) atoms. The number of aromatic nitrogens is 1. The highest BCUT2D eigenvalue weighted by atomic mass is 19.4. The summed E-state index contributed by atoms with van der Waals surface area (Å²) in [7, 11) is 0. The lowest BCUT2D eigenvalue weighted by molar-refractivity contribution is -0.141. The second-order valence-corrected chi connectivity index (χ2v) is 5.15. The average molecular weight is 310 g/mol. The van der Waals surface area contributed by atoms with Gasteiger partial charge in [-0.3, -0.25) is 9.78 Å². The van der Waals surface area contributed by atoms with E-state index in [2.05, 4.69) is 10.3 Å². The molecule has 4 nitrogen and oxygen atoms in total. The number of fused-ring (bicyclic) bond motifs is 1. The summed E-state index contributed by atoms with van der Waals surface area (Å²) in [5.41, 5.74) is 0.0157. The molecule has 3 rings (SSSR count). The van der Waals surface area contributed by atoms with Gasteiger partial charge in [-0.05, 0) is 31.0 Å². The predicted molar refractivity (Wildman–Crippen MR) is 71.1 cm³/mol. The highest BCUT2D eigenvalue weighted by Gasteiger charge is 2.32. The van der Waals surface area contributed by atoms with Crippen LogP contribution in [0.2, 0.25) is 0 Å². The molecule has 2 aromatic heterocycles. The number of halogens is 3. The Morgan fingerprint density at radius 2 is 2.14 bits per heavy atom. The molecule has 0 radical (unpaired) electrons. The first-order chi connectivity index (χ1) is 10.4. The SMILES string of the molecule is O=C(NC1CCCc2occc21)c1ccc(C(F)(F)F)nc1. The van der Waals surface area contributed by atoms with Crippen molar-refractivity contribution >= 4 is 5.91 Å². The van der Waals surface area contributed by atoms with Gasteiger partial charge < -0.3 is 9.73 Å². The van der Waals surface area contributed by atoms with Gasteiger partial charge in [0.15, 0.2) is 0 Å². The topological polar surface area (TPSA) is 55.1 Å². The molecule has 0 aromatic carbocycles. The molecule has 7 heteroatoms. The number of hydrogen-bond acceptors (Lipinski definition) is 3. The van der Waals surface area contributed by atoms with E-state index in [1.165, 1.54) is 0 Å². The Morgan fingerprint density at radius 3 is 2.82 bits per heavy atom. The number of rotatable bonds is 2. The van der Waals surface area contributed by atoms with E-state index in [9.17, 15) is 18.0 Å². The fraction of sp³-hybridized carbons (Fsp3) is 0.333. The van der Waals surface area contributed by atoms with Gasteiger partial charge in [0.25, 0.3) is 5.91 Å². The number of amides is 1. The van der Waals surface area contributed by atoms with Crippen molar-refractivity contribution in [2.75, 3.05) is 0 Å². The maximum atomic E-state index is 12.4. The summed E-state index contributed by atoms with van der Waals surface area (Å²) in [6, 6.07) is 3.56. The first kappa shape index (κ1) is 14.6. The normalized spacial score (nSPS) is 17.9. The number of nitrogens with zero attached hydrogens (tertiary/aromatic N) is 1. The standard InChI is InChI=1S/C15H13F3N2O2/c16-15(17,18)13-5-4-9(8-19-13)14(21)20-11-2-1-3-12-10(11)6-7-22-12/h4-8,11H,1-3H2,(H,20,21). The zero-order valence-corrected chi connectivity index (χ0v) is 11.5. The van der Waals surface area contributed by atoms with Crippen molar-refractivity contribution in [2.45, 2.75) is 31.5 Å². The first-order valence-electron chi connectivity index (χ1n) is 6.85. The molecule has 1 amide bonds. The highest BCUT2D eigenvalue weighted by Crippen LogP contribution is 2.31. The van der Waals surface area contributed by atoms with Crippen molar-refractivity contribution in [3.8, 4) is 0 Å². The van der Waals surface area contributed by atoms with E-state index in [0.717, 1.165) is 48.9 Å². The third-order valence-corrected chi connectivity index (χ3v) is 3.67. The van der Waals surface area contributed by atoms with E-state index >= 15 is 0 Å². The minimum Gasteiger partial charge on any atom is -0.469 e. The molecule has 0 aliphatic heterocycles. The minimum absolute atomic E-state index is 0.101. The molecule has 1 aliphatic rings. The summed E-state index contributed by atoms with van der Waals surface area (Å²) in [6.07, 6.45) is 0.496. The molecule has 0 fully saturated rings. The van der Waals surface area contributed by atoms with Crippen LogP contribution in [-0.2, 0) is 12.6 Å². The quantitative estimate of drug-likeness (QED) is 0.923. The molecule has 0 spiro atoms. The Hall–Kier alpha value is -2.31. The number of carbonyl (C=O) groups is 1. The summed E-state index contributed by atoms with van der Waals surface area (Å²) < 4.78 is 42.7. The summed E-state index contributed by atoms with van der Waals surface area (Å²) in [4.78, 5) is 15.4. The molecule has 1 aliphatic carbocycles. The zero-order valence-electron chi connectivity index (χ0n) is 11.5. The van der Waals surface area contributed by atoms with Crippen LogP contribution in [0.1, 0.15) is 46.3 Å². The Kier molecular flexibility index (Phi) is 3.64. The van der Waals surface area contributed by atoms with Crippen molar-refractivity contribution < 1.29 is 22.4 Å². The van der Waals surface area contributed by atoms with Gasteiger partial charge in [-0.2, -0.15) is 13.2 Å². The molecule has 2 heterocycles. The van der Waals surface area contributed by atoms with Crippen molar-refractivity contribution in [3.05, 3.63) is 53.2 Å². The third-order valence-electron chi connectivity index (χ3n) is 3.67. The fourth-order valence-corrected chi connectivity index (χ4v) is 2.57. The van der Waals surface area contributed by atoms with Crippen LogP contribution in [0.5, 0.6) is 0 Å². The summed E-state index contributed by atoms with van der Waals surface area (Å²) >= 11 is 0. The van der Waals surface area contributed by atoms with Crippen LogP contribution in [0.4, 0.5) is 13.2 Å². The van der Waals surface area contributed by atoms with Crippen LogP contribution >= 0.6 is 0 Å². The van der Waals surface area contributed by atoms with Crippen LogP contribution in [0.3, 0.4) is 0 Å². The molecule has 0 bridgehead atoms. The number of pyridine rings is 1. The highest BCUT2D eigenvalue weighted by molar-refractivity contribution is 5.94. The van der Waals surface area contributed by atoms with Crippen LogP contribution < -0.4 is 5.32 Å². The van der Waals surface area contributed by atoms with E-state index in [4.69, 9.17) is 4.42 Å². The monoisotopic (exact) mass is 310 g/mol. The average Bonchev–Trinajstić information content (AvgIpc) is 2.96. The second-order valence-electron chi connectivity index (χ2n) is 5.15. The van der Waals surface area contributed by atoms with Gasteiger partial charge in [-0.15, -0.1) is 0 Å². The molecule has 1 atom stereocenters. The van der Waals surface area contributed by atoms with Gasteiger partial charge in [-0.1, -0.05) is 0 Å². The van der Waals surface area contributed by atoms with Crippen molar-refractivity contribution in [1.82, 2.24) is 10.3 Å². The maximum Gasteiger partial charge on any atom is 0.433 e. The first-order valence-corrected chi connectivity index (χ1v) is 6.85. The Bertz CT molecular complexity index is 677. The number of alkyl halides is 3. The smallest absolute Gasteiger partial charge is 0.433 e. The lowest BCUT2D eigenvalue weighted by atomic mass is 9.93. The number of aryl methyl sites for hydroxylation is 1. The molecule has 0 saturated carbocycles. The van der Waals surface area contributed by atoms with Crippen LogP contribution in [0.25, 0.3) is 0 Å². The molecule has 1 unspecified atom stereocenters. The Morgan fingerprint density at radius 1 is 1.32 bits per heavy atom. The second kappa shape index (κ2) is 5.47. The fourth-order valence-electron chi connectivity index (χ4n) is 2.57. The predicted octanol–water partition coefficient (Wildman–Crippen LogP) is 3.50. The Labute approximate surface area is 124 Å². The van der Waals surface area contributed by atoms with Crippen LogP contribution in [0.15, 0.2) is 35.1 Å². The molecular weight excluding hydrogens is 297 g/mol. The lowest BCUT2D eigenvalue weighted by Crippen LogP contribution is -2.30. The van der Waals surface area contributed by atoms with Gasteiger partial charge in [0.1, 0.15) is 11.5 Å². The molecule has 1 N–H and O–H groups in total. The van der Waals surface area contributed by atoms with Gasteiger partial charge in [0, 0.05) is 18.2 Å². The van der Waals surface area contributed by atoms with Gasteiger partial charge >= 0.3 is 6.18 Å². The van der Waals surface area contributed by atoms with Gasteiger partial charge in [0.2, 0.25) is 0 Å². The largest absolute Gasteiger partial charge is 0.469 e. The number of nitrogens with one attached hydrogen (secondary N) is 1. The van der Waals surface area contributed by atoms with Crippen LogP contribution in [-0.4, -0.2) is 10.9 Å². The number of hydrogen-bond donors (Lipinski definition) is 1. The third kappa shape index (κ3) is 2.84. The van der Waals surface area contributed by atoms with Crippen LogP contribution in [0, 0.1) is 0 Å². The van der Waals surface area contributed by atoms with E-state index in [1.807, 2.05) is 6.07 Å².